The van der Waals surface area contributed by atoms with E-state index in [1.165, 1.54) is 11.8 Å². The molecule has 45 heavy (non-hydrogen) atoms. The van der Waals surface area contributed by atoms with E-state index in [0.717, 1.165) is 55.5 Å². The molecule has 0 atom stereocenters. The first-order valence-corrected chi connectivity index (χ1v) is 14.4. The molecule has 4 heterocycles. The SMILES string of the molecule is CC(C)c1ccnc(-c2[c-]ccc3c2oc2c3ccc3oc(-c4ccccc4)nc32)c1.[2H]C([2H])([2H])c1ccc(-c2[c-]cccc2)nc1.[Ir]. The Balaban J connectivity index is 0.000000201. The van der Waals surface area contributed by atoms with Gasteiger partial charge in [0.1, 0.15) is 0 Å². The Morgan fingerprint density at radius 3 is 2.36 bits per heavy atom. The Kier molecular flexibility index (Phi) is 7.65. The molecule has 0 aliphatic heterocycles. The molecule has 8 rings (SSSR count). The van der Waals surface area contributed by atoms with Crippen LogP contribution in [0, 0.1) is 19.0 Å². The zero-order valence-electron chi connectivity index (χ0n) is 27.5. The first-order valence-electron chi connectivity index (χ1n) is 15.9. The number of hydrogen-bond acceptors (Lipinski definition) is 5. The molecular formula is C39H29IrN3O2-2. The fraction of sp³-hybridized carbons (Fsp3) is 0.103. The summed E-state index contributed by atoms with van der Waals surface area (Å²) in [4.78, 5) is 13.5. The van der Waals surface area contributed by atoms with Crippen molar-refractivity contribution in [1.82, 2.24) is 15.0 Å². The van der Waals surface area contributed by atoms with E-state index in [9.17, 15) is 0 Å². The smallest absolute Gasteiger partial charge is 0.227 e. The third kappa shape index (κ3) is 6.08. The van der Waals surface area contributed by atoms with Crippen LogP contribution in [-0.2, 0) is 20.1 Å². The Bertz CT molecular complexity index is 2320. The van der Waals surface area contributed by atoms with Gasteiger partial charge in [0.05, 0.1) is 5.58 Å². The van der Waals surface area contributed by atoms with E-state index in [1.807, 2.05) is 79.0 Å². The largest absolute Gasteiger partial charge is 0.498 e. The number of aryl methyl sites for hydroxylation is 1. The summed E-state index contributed by atoms with van der Waals surface area (Å²) in [5.74, 6) is 1.00. The van der Waals surface area contributed by atoms with Crippen molar-refractivity contribution in [3.05, 3.63) is 139 Å². The first-order chi connectivity index (χ1) is 22.8. The zero-order chi connectivity index (χ0) is 32.5. The average molecular weight is 767 g/mol. The average Bonchev–Trinajstić information content (AvgIpc) is 3.71. The van der Waals surface area contributed by atoms with Crippen LogP contribution in [0.4, 0.5) is 0 Å². The summed E-state index contributed by atoms with van der Waals surface area (Å²) in [7, 11) is 0. The molecule has 0 aliphatic rings. The number of benzene rings is 4. The van der Waals surface area contributed by atoms with Crippen molar-refractivity contribution in [2.24, 2.45) is 0 Å². The van der Waals surface area contributed by atoms with Gasteiger partial charge in [0.2, 0.25) is 5.89 Å². The van der Waals surface area contributed by atoms with Crippen molar-refractivity contribution in [3.8, 4) is 34.0 Å². The Morgan fingerprint density at radius 1 is 0.756 bits per heavy atom. The molecular weight excluding hydrogens is 735 g/mol. The number of furan rings is 1. The molecule has 4 aromatic carbocycles. The molecule has 0 amide bonds. The summed E-state index contributed by atoms with van der Waals surface area (Å²) >= 11 is 0. The summed E-state index contributed by atoms with van der Waals surface area (Å²) in [6.45, 7) is 2.26. The predicted molar refractivity (Wildman–Crippen MR) is 176 cm³/mol. The molecule has 0 spiro atoms. The predicted octanol–water partition coefficient (Wildman–Crippen LogP) is 10.2. The van der Waals surface area contributed by atoms with E-state index in [-0.39, 0.29) is 25.7 Å². The maximum Gasteiger partial charge on any atom is 0.227 e. The van der Waals surface area contributed by atoms with Crippen molar-refractivity contribution >= 4 is 33.0 Å². The van der Waals surface area contributed by atoms with Gasteiger partial charge in [-0.05, 0) is 60.1 Å². The second-order valence-corrected chi connectivity index (χ2v) is 10.7. The van der Waals surface area contributed by atoms with Crippen molar-refractivity contribution in [1.29, 1.82) is 0 Å². The number of nitrogens with zero attached hydrogens (tertiary/aromatic N) is 3. The maximum atomic E-state index is 7.23. The summed E-state index contributed by atoms with van der Waals surface area (Å²) < 4.78 is 34.1. The van der Waals surface area contributed by atoms with Crippen LogP contribution in [0.1, 0.15) is 35.0 Å². The van der Waals surface area contributed by atoms with Crippen LogP contribution < -0.4 is 0 Å². The Morgan fingerprint density at radius 2 is 1.60 bits per heavy atom. The maximum absolute atomic E-state index is 7.23. The summed E-state index contributed by atoms with van der Waals surface area (Å²) in [5.41, 5.74) is 8.65. The van der Waals surface area contributed by atoms with Gasteiger partial charge < -0.3 is 18.8 Å². The minimum Gasteiger partial charge on any atom is -0.498 e. The summed E-state index contributed by atoms with van der Waals surface area (Å²) in [5, 5.41) is 2.03. The molecule has 8 aromatic rings. The quantitative estimate of drug-likeness (QED) is 0.167. The molecule has 223 valence electrons. The second kappa shape index (κ2) is 13.0. The topological polar surface area (TPSA) is 65.0 Å². The fourth-order valence-corrected chi connectivity index (χ4v) is 5.13. The van der Waals surface area contributed by atoms with Crippen LogP contribution in [0.15, 0.2) is 124 Å². The molecule has 1 radical (unpaired) electrons. The molecule has 5 nitrogen and oxygen atoms in total. The van der Waals surface area contributed by atoms with Gasteiger partial charge in [0, 0.05) is 47.6 Å². The van der Waals surface area contributed by atoms with E-state index < -0.39 is 6.85 Å². The third-order valence-corrected chi connectivity index (χ3v) is 7.43. The Hall–Kier alpha value is -4.90. The van der Waals surface area contributed by atoms with Gasteiger partial charge in [-0.25, -0.2) is 4.98 Å². The van der Waals surface area contributed by atoms with Crippen LogP contribution in [0.2, 0.25) is 0 Å². The van der Waals surface area contributed by atoms with E-state index in [0.29, 0.717) is 17.4 Å². The standard InChI is InChI=1S/C27H19N2O2.C12H10N.Ir/c1-16(2)18-13-14-28-22(15-18)21-10-6-9-19-20-11-12-23-24(26(20)31-25(19)21)29-27(30-23)17-7-4-3-5-8-17;1-10-7-8-12(13-9-10)11-5-3-2-4-6-11;/h3-9,11-16H,1-2H3;2-5,7-9H,1H3;/q2*-1;/i;1D3;. The van der Waals surface area contributed by atoms with Gasteiger partial charge in [0.25, 0.3) is 0 Å². The third-order valence-electron chi connectivity index (χ3n) is 7.43. The van der Waals surface area contributed by atoms with Gasteiger partial charge in [-0.15, -0.1) is 54.1 Å². The van der Waals surface area contributed by atoms with Crippen LogP contribution in [0.5, 0.6) is 0 Å². The molecule has 6 heteroatoms. The van der Waals surface area contributed by atoms with Gasteiger partial charge in [-0.1, -0.05) is 66.8 Å². The number of aromatic nitrogens is 3. The van der Waals surface area contributed by atoms with E-state index >= 15 is 0 Å². The number of fused-ring (bicyclic) bond motifs is 5. The van der Waals surface area contributed by atoms with E-state index in [4.69, 9.17) is 17.9 Å². The van der Waals surface area contributed by atoms with Gasteiger partial charge >= 0.3 is 0 Å². The van der Waals surface area contributed by atoms with E-state index in [1.54, 1.807) is 18.2 Å². The normalized spacial score (nSPS) is 12.3. The molecule has 4 aromatic heterocycles. The second-order valence-electron chi connectivity index (χ2n) is 10.7. The van der Waals surface area contributed by atoms with Crippen molar-refractivity contribution < 1.29 is 33.1 Å². The fourth-order valence-electron chi connectivity index (χ4n) is 5.13. The number of oxazole rings is 1. The zero-order valence-corrected chi connectivity index (χ0v) is 26.9. The number of hydrogen-bond donors (Lipinski definition) is 0. The van der Waals surface area contributed by atoms with Gasteiger partial charge in [-0.3, -0.25) is 0 Å². The summed E-state index contributed by atoms with van der Waals surface area (Å²) in [6, 6.07) is 39.1. The van der Waals surface area contributed by atoms with Crippen molar-refractivity contribution in [2.45, 2.75) is 26.6 Å². The summed E-state index contributed by atoms with van der Waals surface area (Å²) in [6.07, 6.45) is 3.24. The molecule has 0 saturated carbocycles. The van der Waals surface area contributed by atoms with Gasteiger partial charge in [-0.2, -0.15) is 0 Å². The van der Waals surface area contributed by atoms with Crippen molar-refractivity contribution in [2.75, 3.05) is 0 Å². The van der Waals surface area contributed by atoms with Crippen LogP contribution in [0.3, 0.4) is 0 Å². The first kappa shape index (κ1) is 26.5. The van der Waals surface area contributed by atoms with Gasteiger partial charge in [0.15, 0.2) is 16.7 Å². The van der Waals surface area contributed by atoms with Crippen LogP contribution in [0.25, 0.3) is 67.0 Å². The number of pyridine rings is 2. The number of rotatable bonds is 4. The minimum absolute atomic E-state index is 0. The molecule has 0 saturated heterocycles. The van der Waals surface area contributed by atoms with E-state index in [2.05, 4.69) is 48.1 Å². The Labute approximate surface area is 279 Å². The molecule has 0 aliphatic carbocycles. The molecule has 0 unspecified atom stereocenters. The van der Waals surface area contributed by atoms with Crippen molar-refractivity contribution in [3.63, 3.8) is 0 Å². The molecule has 0 N–H and O–H groups in total. The van der Waals surface area contributed by atoms with Crippen LogP contribution >= 0.6 is 0 Å². The minimum atomic E-state index is -2.09. The molecule has 0 fully saturated rings. The monoisotopic (exact) mass is 767 g/mol. The molecule has 0 bridgehead atoms. The van der Waals surface area contributed by atoms with Crippen LogP contribution in [-0.4, -0.2) is 15.0 Å².